The zero-order chi connectivity index (χ0) is 23.3. The number of hydrogen-bond donors (Lipinski definition) is 5. The van der Waals surface area contributed by atoms with Crippen LogP contribution >= 0.6 is 0 Å². The Bertz CT molecular complexity index is 1060. The summed E-state index contributed by atoms with van der Waals surface area (Å²) in [6.45, 7) is 1.93. The molecular weight excluding hydrogens is 424 g/mol. The molecule has 11 heteroatoms. The van der Waals surface area contributed by atoms with Gasteiger partial charge in [0.25, 0.3) is 5.82 Å². The van der Waals surface area contributed by atoms with E-state index in [1.807, 2.05) is 36.9 Å². The number of nitrogens with zero attached hydrogens (tertiary/aromatic N) is 3. The van der Waals surface area contributed by atoms with Gasteiger partial charge in [0.2, 0.25) is 11.8 Å². The molecule has 2 aliphatic heterocycles. The summed E-state index contributed by atoms with van der Waals surface area (Å²) in [4.78, 5) is 29.9. The molecule has 3 fully saturated rings. The van der Waals surface area contributed by atoms with Crippen LogP contribution in [0, 0.1) is 18.8 Å². The first-order valence-electron chi connectivity index (χ1n) is 11.3. The Morgan fingerprint density at radius 2 is 2.12 bits per heavy atom. The van der Waals surface area contributed by atoms with Gasteiger partial charge in [0, 0.05) is 32.4 Å². The summed E-state index contributed by atoms with van der Waals surface area (Å²) in [5.41, 5.74) is 4.77. The number of piperidine rings is 1. The number of methoxy groups -OCH3 is 1. The van der Waals surface area contributed by atoms with Crippen molar-refractivity contribution in [2.24, 2.45) is 18.9 Å². The molecule has 5 rings (SSSR count). The highest BCUT2D eigenvalue weighted by atomic mass is 16.5. The molecule has 1 saturated carbocycles. The van der Waals surface area contributed by atoms with Crippen LogP contribution in [-0.2, 0) is 16.6 Å². The highest BCUT2D eigenvalue weighted by Gasteiger charge is 2.49. The monoisotopic (exact) mass is 455 g/mol. The third-order valence-corrected chi connectivity index (χ3v) is 6.72. The number of hydrazine groups is 1. The maximum atomic E-state index is 12.9. The molecule has 33 heavy (non-hydrogen) atoms. The summed E-state index contributed by atoms with van der Waals surface area (Å²) >= 11 is 0. The average Bonchev–Trinajstić information content (AvgIpc) is 3.53. The van der Waals surface area contributed by atoms with Crippen LogP contribution in [0.4, 0.5) is 5.69 Å². The lowest BCUT2D eigenvalue weighted by Gasteiger charge is -2.38. The van der Waals surface area contributed by atoms with Crippen LogP contribution in [0.1, 0.15) is 25.1 Å². The molecule has 3 heterocycles. The fourth-order valence-corrected chi connectivity index (χ4v) is 4.71. The molecule has 2 amide bonds. The lowest BCUT2D eigenvalue weighted by Crippen LogP contribution is -2.63. The number of aromatic amines is 1. The molecule has 4 atom stereocenters. The number of nitrogens with one attached hydrogen (secondary N) is 5. The van der Waals surface area contributed by atoms with Crippen LogP contribution in [0.5, 0.6) is 5.75 Å². The predicted octanol–water partition coefficient (Wildman–Crippen LogP) is -0.237. The zero-order valence-electron chi connectivity index (χ0n) is 19.3. The van der Waals surface area contributed by atoms with Crippen molar-refractivity contribution in [2.75, 3.05) is 19.5 Å². The standard InChI is InChI=1S/C22H30N8O3/c1-11-23-19(27-29(11)2)13-6-5-7-14(18(13)33-4)24-15-10-16(26-21(31)12-8-9-12)25-20-17(15)22(32)30(3)28-20/h5-7,12,15-17,20,24-25,28H,8-10H2,1-4H3,(H,26,31)/p+1. The quantitative estimate of drug-likeness (QED) is 0.381. The summed E-state index contributed by atoms with van der Waals surface area (Å²) < 4.78 is 7.63. The summed E-state index contributed by atoms with van der Waals surface area (Å²) in [6.07, 6.45) is 1.92. The Morgan fingerprint density at radius 3 is 2.79 bits per heavy atom. The van der Waals surface area contributed by atoms with Gasteiger partial charge in [-0.15, -0.1) is 0 Å². The molecule has 0 bridgehead atoms. The van der Waals surface area contributed by atoms with E-state index in [9.17, 15) is 9.59 Å². The van der Waals surface area contributed by atoms with E-state index in [1.165, 1.54) is 5.01 Å². The number of H-pyrrole nitrogens is 1. The van der Waals surface area contributed by atoms with E-state index in [-0.39, 0.29) is 42.0 Å². The predicted molar refractivity (Wildman–Crippen MR) is 119 cm³/mol. The average molecular weight is 456 g/mol. The minimum absolute atomic E-state index is 0.000718. The number of amides is 2. The van der Waals surface area contributed by atoms with Crippen molar-refractivity contribution in [2.45, 2.75) is 44.6 Å². The Hall–Kier alpha value is -3.18. The van der Waals surface area contributed by atoms with Crippen molar-refractivity contribution in [1.82, 2.24) is 31.2 Å². The molecule has 11 nitrogen and oxygen atoms in total. The van der Waals surface area contributed by atoms with Crippen molar-refractivity contribution < 1.29 is 19.0 Å². The van der Waals surface area contributed by atoms with E-state index in [1.54, 1.807) is 14.2 Å². The second kappa shape index (κ2) is 8.31. The highest BCUT2D eigenvalue weighted by Crippen LogP contribution is 2.37. The number of fused-ring (bicyclic) bond motifs is 1. The van der Waals surface area contributed by atoms with Gasteiger partial charge in [-0.2, -0.15) is 9.78 Å². The first-order valence-corrected chi connectivity index (χ1v) is 11.3. The van der Waals surface area contributed by atoms with Gasteiger partial charge in [0.05, 0.1) is 36.6 Å². The topological polar surface area (TPSA) is 127 Å². The van der Waals surface area contributed by atoms with Gasteiger partial charge >= 0.3 is 5.82 Å². The van der Waals surface area contributed by atoms with Crippen molar-refractivity contribution >= 4 is 17.5 Å². The summed E-state index contributed by atoms with van der Waals surface area (Å²) in [5, 5.41) is 14.8. The number of anilines is 1. The van der Waals surface area contributed by atoms with Crippen molar-refractivity contribution in [3.63, 3.8) is 0 Å². The second-order valence-corrected chi connectivity index (χ2v) is 9.08. The molecule has 1 aromatic heterocycles. The smallest absolute Gasteiger partial charge is 0.316 e. The minimum atomic E-state index is -0.332. The first kappa shape index (κ1) is 21.7. The summed E-state index contributed by atoms with van der Waals surface area (Å²) in [6, 6.07) is 5.60. The van der Waals surface area contributed by atoms with Gasteiger partial charge < -0.3 is 15.4 Å². The fourth-order valence-electron chi connectivity index (χ4n) is 4.71. The third-order valence-electron chi connectivity index (χ3n) is 6.72. The van der Waals surface area contributed by atoms with Gasteiger partial charge in [-0.3, -0.25) is 19.9 Å². The molecule has 2 aromatic rings. The first-order chi connectivity index (χ1) is 15.9. The number of carbonyl (C=O) groups excluding carboxylic acids is 2. The van der Waals surface area contributed by atoms with Crippen LogP contribution in [0.2, 0.25) is 0 Å². The van der Waals surface area contributed by atoms with Crippen molar-refractivity contribution in [3.8, 4) is 17.1 Å². The molecule has 176 valence electrons. The van der Waals surface area contributed by atoms with E-state index in [4.69, 9.17) is 4.74 Å². The van der Waals surface area contributed by atoms with Crippen LogP contribution in [0.25, 0.3) is 11.4 Å². The summed E-state index contributed by atoms with van der Waals surface area (Å²) in [7, 11) is 5.25. The van der Waals surface area contributed by atoms with E-state index >= 15 is 0 Å². The Labute approximate surface area is 192 Å². The fraction of sp³-hybridized carbons (Fsp3) is 0.545. The Morgan fingerprint density at radius 1 is 1.33 bits per heavy atom. The normalized spacial score (nSPS) is 26.8. The summed E-state index contributed by atoms with van der Waals surface area (Å²) in [5.74, 6) is 2.06. The molecule has 0 radical (unpaired) electrons. The molecule has 5 N–H and O–H groups in total. The van der Waals surface area contributed by atoms with Gasteiger partial charge in [0.1, 0.15) is 7.05 Å². The molecule has 2 saturated heterocycles. The number of aryl methyl sites for hydroxylation is 2. The number of hydrogen-bond acceptors (Lipinski definition) is 7. The van der Waals surface area contributed by atoms with E-state index in [0.29, 0.717) is 18.0 Å². The Balaban J connectivity index is 1.43. The van der Waals surface area contributed by atoms with E-state index < -0.39 is 0 Å². The van der Waals surface area contributed by atoms with Gasteiger partial charge in [-0.25, -0.2) is 5.43 Å². The number of ether oxygens (including phenoxy) is 1. The number of carbonyl (C=O) groups is 2. The zero-order valence-corrected chi connectivity index (χ0v) is 19.3. The maximum Gasteiger partial charge on any atom is 0.316 e. The second-order valence-electron chi connectivity index (χ2n) is 9.08. The molecule has 0 spiro atoms. The molecule has 1 aromatic carbocycles. The van der Waals surface area contributed by atoms with Crippen LogP contribution in [-0.4, -0.2) is 59.4 Å². The third kappa shape index (κ3) is 4.02. The molecule has 1 aliphatic carbocycles. The van der Waals surface area contributed by atoms with E-state index in [0.717, 1.165) is 29.9 Å². The van der Waals surface area contributed by atoms with E-state index in [2.05, 4.69) is 31.5 Å². The molecule has 3 aliphatic rings. The van der Waals surface area contributed by atoms with Crippen LogP contribution in [0.15, 0.2) is 18.2 Å². The van der Waals surface area contributed by atoms with Gasteiger partial charge in [-0.05, 0) is 30.0 Å². The number of rotatable bonds is 6. The van der Waals surface area contributed by atoms with Crippen LogP contribution < -0.4 is 30.8 Å². The lowest BCUT2D eigenvalue weighted by molar-refractivity contribution is -0.733. The minimum Gasteiger partial charge on any atom is -0.494 e. The number of benzene rings is 1. The maximum absolute atomic E-state index is 12.9. The van der Waals surface area contributed by atoms with Crippen LogP contribution in [0.3, 0.4) is 0 Å². The van der Waals surface area contributed by atoms with Crippen molar-refractivity contribution in [3.05, 3.63) is 24.0 Å². The molecule has 4 unspecified atom stereocenters. The highest BCUT2D eigenvalue weighted by molar-refractivity contribution is 5.84. The van der Waals surface area contributed by atoms with Gasteiger partial charge in [0.15, 0.2) is 5.75 Å². The van der Waals surface area contributed by atoms with Gasteiger partial charge in [-0.1, -0.05) is 6.07 Å². The lowest BCUT2D eigenvalue weighted by atomic mass is 9.88. The molecular formula is C22H31N8O3+. The number of aromatic nitrogens is 3. The Kier molecular flexibility index (Phi) is 5.45. The SMILES string of the molecule is COc1c(NC2CC(NC(=O)C3CC3)NC3NN(C)C(=O)C23)cccc1-c1nc(C)[n+](C)[nH]1. The largest absolute Gasteiger partial charge is 0.494 e. The van der Waals surface area contributed by atoms with Crippen molar-refractivity contribution in [1.29, 1.82) is 0 Å². The number of para-hydroxylation sites is 1.